The molecule has 0 bridgehead atoms. The molecule has 2 saturated heterocycles. The fraction of sp³-hybridized carbons (Fsp3) is 0.800. The van der Waals surface area contributed by atoms with Gasteiger partial charge in [-0.15, -0.1) is 0 Å². The Bertz CT molecular complexity index is 713. The largest absolute Gasteiger partial charge is 0.376 e. The number of unbranched alkanes of at least 4 members (excludes halogenated alkanes) is 4. The summed E-state index contributed by atoms with van der Waals surface area (Å²) in [4.78, 5) is 31.9. The Balaban J connectivity index is 1.74. The lowest BCUT2D eigenvalue weighted by Crippen LogP contribution is -2.44. The third-order valence-corrected chi connectivity index (χ3v) is 7.94. The molecule has 2 aliphatic heterocycles. The summed E-state index contributed by atoms with van der Waals surface area (Å²) >= 11 is 0. The van der Waals surface area contributed by atoms with Crippen molar-refractivity contribution < 1.29 is 19.1 Å². The molecule has 3 aliphatic rings. The molecule has 0 aromatic rings. The van der Waals surface area contributed by atoms with Crippen LogP contribution in [-0.4, -0.2) is 86.1 Å². The van der Waals surface area contributed by atoms with E-state index in [1.54, 1.807) is 12.2 Å². The van der Waals surface area contributed by atoms with Gasteiger partial charge in [0.05, 0.1) is 25.4 Å². The van der Waals surface area contributed by atoms with Crippen LogP contribution < -0.4 is 0 Å². The lowest BCUT2D eigenvalue weighted by molar-refractivity contribution is -0.116. The number of allylic oxidation sites excluding steroid dienone is 2. The zero-order valence-electron chi connectivity index (χ0n) is 23.3. The van der Waals surface area contributed by atoms with E-state index in [-0.39, 0.29) is 35.6 Å². The first-order valence-corrected chi connectivity index (χ1v) is 14.6. The molecule has 2 fully saturated rings. The van der Waals surface area contributed by atoms with Crippen LogP contribution in [0.4, 0.5) is 0 Å². The lowest BCUT2D eigenvalue weighted by atomic mass is 9.80. The Morgan fingerprint density at radius 2 is 1.17 bits per heavy atom. The molecule has 6 nitrogen and oxygen atoms in total. The van der Waals surface area contributed by atoms with Gasteiger partial charge in [0.1, 0.15) is 0 Å². The molecule has 0 aromatic carbocycles. The average Bonchev–Trinajstić information content (AvgIpc) is 2.84. The van der Waals surface area contributed by atoms with Crippen LogP contribution in [0.3, 0.4) is 0 Å². The minimum Gasteiger partial charge on any atom is -0.376 e. The van der Waals surface area contributed by atoms with E-state index in [4.69, 9.17) is 9.47 Å². The van der Waals surface area contributed by atoms with Crippen molar-refractivity contribution in [2.75, 3.05) is 52.5 Å². The number of carbonyl (C=O) groups excluding carboxylic acids is 2. The van der Waals surface area contributed by atoms with Gasteiger partial charge in [-0.25, -0.2) is 0 Å². The Hall–Kier alpha value is -1.34. The van der Waals surface area contributed by atoms with E-state index in [2.05, 4.69) is 37.5 Å². The number of nitrogens with zero attached hydrogens (tertiary/aromatic N) is 2. The van der Waals surface area contributed by atoms with Crippen molar-refractivity contribution in [1.82, 2.24) is 9.80 Å². The second-order valence-electron chi connectivity index (χ2n) is 11.2. The van der Waals surface area contributed by atoms with Crippen LogP contribution >= 0.6 is 0 Å². The van der Waals surface area contributed by atoms with Crippen molar-refractivity contribution in [3.8, 4) is 0 Å². The molecule has 6 heteroatoms. The Labute approximate surface area is 219 Å². The predicted octanol–water partition coefficient (Wildman–Crippen LogP) is 4.83. The first-order valence-electron chi connectivity index (χ1n) is 14.6. The molecule has 0 radical (unpaired) electrons. The summed E-state index contributed by atoms with van der Waals surface area (Å²) in [7, 11) is 0. The minimum absolute atomic E-state index is 0.0586. The number of ketones is 2. The number of carbonyl (C=O) groups is 2. The van der Waals surface area contributed by atoms with Crippen LogP contribution in [0, 0.1) is 11.8 Å². The van der Waals surface area contributed by atoms with Crippen LogP contribution in [-0.2, 0) is 19.1 Å². The standard InChI is InChI=1S/C30H50N2O4/c1-5-7-9-11-25(21-31-13-15-35-23(3)19-31)27-17-30(34)28(18-29(27)33)26(12-10-8-6-2)22-32-14-16-36-24(4)20-32/h17-18,23-26H,5-16,19-22H2,1-4H3. The fourth-order valence-electron chi connectivity index (χ4n) is 5.94. The molecule has 3 rings (SSSR count). The molecule has 0 amide bonds. The van der Waals surface area contributed by atoms with E-state index in [1.165, 1.54) is 0 Å². The second-order valence-corrected chi connectivity index (χ2v) is 11.2. The lowest BCUT2D eigenvalue weighted by Gasteiger charge is -2.35. The van der Waals surface area contributed by atoms with Gasteiger partial charge < -0.3 is 9.47 Å². The fourth-order valence-corrected chi connectivity index (χ4v) is 5.94. The monoisotopic (exact) mass is 502 g/mol. The Morgan fingerprint density at radius 3 is 1.53 bits per heavy atom. The summed E-state index contributed by atoms with van der Waals surface area (Å²) in [5.41, 5.74) is 1.46. The van der Waals surface area contributed by atoms with Crippen LogP contribution in [0.15, 0.2) is 23.3 Å². The maximum atomic E-state index is 13.5. The van der Waals surface area contributed by atoms with Crippen LogP contribution in [0.2, 0.25) is 0 Å². The predicted molar refractivity (Wildman–Crippen MR) is 145 cm³/mol. The van der Waals surface area contributed by atoms with E-state index in [0.717, 1.165) is 115 Å². The van der Waals surface area contributed by atoms with Gasteiger partial charge in [-0.05, 0) is 38.8 Å². The average molecular weight is 503 g/mol. The van der Waals surface area contributed by atoms with E-state index < -0.39 is 0 Å². The van der Waals surface area contributed by atoms with Crippen molar-refractivity contribution in [3.05, 3.63) is 23.3 Å². The summed E-state index contributed by atoms with van der Waals surface area (Å²) in [5, 5.41) is 0. The molecule has 0 N–H and O–H groups in total. The summed E-state index contributed by atoms with van der Waals surface area (Å²) in [6.07, 6.45) is 12.6. The second kappa shape index (κ2) is 15.2. The first-order chi connectivity index (χ1) is 17.4. The van der Waals surface area contributed by atoms with E-state index in [0.29, 0.717) is 0 Å². The highest BCUT2D eigenvalue weighted by atomic mass is 16.5. The third kappa shape index (κ3) is 8.90. The number of rotatable bonds is 14. The molecule has 0 aromatic heterocycles. The van der Waals surface area contributed by atoms with Gasteiger partial charge in [-0.1, -0.05) is 52.4 Å². The number of hydrogen-bond donors (Lipinski definition) is 0. The van der Waals surface area contributed by atoms with Gasteiger partial charge in [0, 0.05) is 62.3 Å². The molecule has 204 valence electrons. The molecule has 2 heterocycles. The van der Waals surface area contributed by atoms with Crippen molar-refractivity contribution in [2.24, 2.45) is 11.8 Å². The van der Waals surface area contributed by atoms with Crippen LogP contribution in [0.25, 0.3) is 0 Å². The van der Waals surface area contributed by atoms with Crippen molar-refractivity contribution in [3.63, 3.8) is 0 Å². The van der Waals surface area contributed by atoms with Gasteiger partial charge in [0.25, 0.3) is 0 Å². The smallest absolute Gasteiger partial charge is 0.182 e. The quantitative estimate of drug-likeness (QED) is 0.251. The van der Waals surface area contributed by atoms with Crippen LogP contribution in [0.5, 0.6) is 0 Å². The highest BCUT2D eigenvalue weighted by molar-refractivity contribution is 6.20. The molecule has 4 unspecified atom stereocenters. The van der Waals surface area contributed by atoms with Crippen molar-refractivity contribution in [2.45, 2.75) is 91.3 Å². The van der Waals surface area contributed by atoms with E-state index >= 15 is 0 Å². The summed E-state index contributed by atoms with van der Waals surface area (Å²) < 4.78 is 11.4. The van der Waals surface area contributed by atoms with Gasteiger partial charge >= 0.3 is 0 Å². The van der Waals surface area contributed by atoms with Gasteiger partial charge in [-0.3, -0.25) is 19.4 Å². The Kier molecular flexibility index (Phi) is 12.3. The first kappa shape index (κ1) is 29.2. The zero-order valence-corrected chi connectivity index (χ0v) is 23.3. The minimum atomic E-state index is 0.0586. The van der Waals surface area contributed by atoms with Crippen LogP contribution in [0.1, 0.15) is 79.1 Å². The normalized spacial score (nSPS) is 26.0. The number of hydrogen-bond acceptors (Lipinski definition) is 6. The molecular formula is C30H50N2O4. The maximum Gasteiger partial charge on any atom is 0.182 e. The molecule has 36 heavy (non-hydrogen) atoms. The van der Waals surface area contributed by atoms with Crippen molar-refractivity contribution >= 4 is 11.6 Å². The van der Waals surface area contributed by atoms with Gasteiger partial charge in [0.2, 0.25) is 0 Å². The van der Waals surface area contributed by atoms with Crippen molar-refractivity contribution in [1.29, 1.82) is 0 Å². The number of morpholine rings is 2. The van der Waals surface area contributed by atoms with Gasteiger partial charge in [0.15, 0.2) is 11.6 Å². The Morgan fingerprint density at radius 1 is 0.750 bits per heavy atom. The molecular weight excluding hydrogens is 452 g/mol. The molecule has 4 atom stereocenters. The highest BCUT2D eigenvalue weighted by Gasteiger charge is 2.32. The molecule has 0 saturated carbocycles. The summed E-state index contributed by atoms with van der Waals surface area (Å²) in [6, 6.07) is 0. The highest BCUT2D eigenvalue weighted by Crippen LogP contribution is 2.30. The number of ether oxygens (including phenoxy) is 2. The third-order valence-electron chi connectivity index (χ3n) is 7.94. The summed E-state index contributed by atoms with van der Waals surface area (Å²) in [5.74, 6) is 0.330. The van der Waals surface area contributed by atoms with Gasteiger partial charge in [-0.2, -0.15) is 0 Å². The topological polar surface area (TPSA) is 59.1 Å². The zero-order chi connectivity index (χ0) is 25.9. The SMILES string of the molecule is CCCCCC(CN1CCOC(C)C1)C1=CC(=O)C(C(CCCCC)CN2CCOC(C)C2)=CC1=O. The molecule has 0 spiro atoms. The molecule has 1 aliphatic carbocycles. The summed E-state index contributed by atoms with van der Waals surface area (Å²) in [6.45, 7) is 15.3. The van der Waals surface area contributed by atoms with E-state index in [9.17, 15) is 9.59 Å². The van der Waals surface area contributed by atoms with E-state index in [1.807, 2.05) is 0 Å². The maximum absolute atomic E-state index is 13.5.